The second-order valence-corrected chi connectivity index (χ2v) is 7.40. The molecule has 0 unspecified atom stereocenters. The largest absolute Gasteiger partial charge is 0.493 e. The lowest BCUT2D eigenvalue weighted by molar-refractivity contribution is -0.351. The van der Waals surface area contributed by atoms with Gasteiger partial charge in [0, 0.05) is 28.4 Å². The quantitative estimate of drug-likeness (QED) is 0.360. The van der Waals surface area contributed by atoms with E-state index in [1.165, 1.54) is 0 Å². The number of aromatic amines is 2. The minimum atomic E-state index is -0.151. The lowest BCUT2D eigenvalue weighted by atomic mass is 10.1. The Hall–Kier alpha value is -4.59. The number of nitrogens with one attached hydrogen (secondary N) is 4. The summed E-state index contributed by atoms with van der Waals surface area (Å²) in [5, 5.41) is 8.12. The second-order valence-electron chi connectivity index (χ2n) is 7.40. The van der Waals surface area contributed by atoms with E-state index in [0.717, 1.165) is 27.6 Å². The molecule has 1 amide bonds. The van der Waals surface area contributed by atoms with E-state index in [1.807, 2.05) is 54.6 Å². The molecular weight excluding hydrogens is 418 g/mol. The number of anilines is 3. The summed E-state index contributed by atoms with van der Waals surface area (Å²) in [5.41, 5.74) is 3.87. The summed E-state index contributed by atoms with van der Waals surface area (Å²) >= 11 is 0. The number of methoxy groups -OCH3 is 2. The highest BCUT2D eigenvalue weighted by atomic mass is 16.5. The number of carbonyl (C=O) groups is 1. The summed E-state index contributed by atoms with van der Waals surface area (Å²) in [4.78, 5) is 23.4. The first-order chi connectivity index (χ1) is 16.2. The molecule has 0 saturated carbocycles. The Morgan fingerprint density at radius 1 is 0.939 bits per heavy atom. The van der Waals surface area contributed by atoms with Crippen LogP contribution in [-0.4, -0.2) is 30.1 Å². The molecule has 2 heterocycles. The van der Waals surface area contributed by atoms with Gasteiger partial charge in [0.25, 0.3) is 5.91 Å². The van der Waals surface area contributed by atoms with Crippen LogP contribution in [0.3, 0.4) is 0 Å². The molecular formula is C25H22N5O3+. The zero-order valence-corrected chi connectivity index (χ0v) is 18.1. The average molecular weight is 440 g/mol. The number of hydrogen-bond donors (Lipinski definition) is 3. The van der Waals surface area contributed by atoms with Gasteiger partial charge in [0.1, 0.15) is 10.9 Å². The molecule has 0 fully saturated rings. The van der Waals surface area contributed by atoms with Crippen LogP contribution in [0.1, 0.15) is 10.4 Å². The molecule has 164 valence electrons. The first-order valence-corrected chi connectivity index (χ1v) is 10.3. The highest BCUT2D eigenvalue weighted by molar-refractivity contribution is 6.11. The standard InChI is InChI=1S/C25H21N5O3/c1-32-20-12-18-19(13-21(20)33-2)30-24-22(18)23(26-14-27-24)28-16-8-10-17(11-9-16)29-25(31)15-6-4-3-5-7-15/h3-14H,1-2H3,(H,29,31)(H2,26,27,28,30)/p+1. The van der Waals surface area contributed by atoms with E-state index in [9.17, 15) is 4.79 Å². The zero-order valence-electron chi connectivity index (χ0n) is 18.1. The number of hydrogen-bond acceptors (Lipinski definition) is 5. The van der Waals surface area contributed by atoms with Gasteiger partial charge in [0.15, 0.2) is 11.5 Å². The topological polar surface area (TPSA) is 102 Å². The Morgan fingerprint density at radius 3 is 2.36 bits per heavy atom. The Morgan fingerprint density at radius 2 is 1.64 bits per heavy atom. The van der Waals surface area contributed by atoms with E-state index in [2.05, 4.69) is 25.6 Å². The SMILES string of the molecule is COc1cc2[nH]c3[nH+]cnc(Nc4ccc(NC(=O)c5ccccc5)cc4)c3c2cc1OC. The molecule has 0 spiro atoms. The maximum Gasteiger partial charge on any atom is 0.255 e. The fraction of sp³-hybridized carbons (Fsp3) is 0.0800. The van der Waals surface area contributed by atoms with Crippen molar-refractivity contribution < 1.29 is 19.3 Å². The number of ether oxygens (including phenoxy) is 2. The third-order valence-corrected chi connectivity index (χ3v) is 5.38. The molecule has 5 aromatic rings. The first-order valence-electron chi connectivity index (χ1n) is 10.3. The molecule has 0 aliphatic carbocycles. The van der Waals surface area contributed by atoms with Crippen LogP contribution in [0, 0.1) is 0 Å². The molecule has 0 atom stereocenters. The molecule has 8 nitrogen and oxygen atoms in total. The molecule has 2 aromatic heterocycles. The number of rotatable bonds is 6. The number of carbonyl (C=O) groups excluding carboxylic acids is 1. The van der Waals surface area contributed by atoms with Crippen molar-refractivity contribution in [2.75, 3.05) is 24.9 Å². The van der Waals surface area contributed by atoms with Crippen LogP contribution >= 0.6 is 0 Å². The van der Waals surface area contributed by atoms with Gasteiger partial charge >= 0.3 is 0 Å². The molecule has 3 aromatic carbocycles. The Kier molecular flexibility index (Phi) is 5.24. The van der Waals surface area contributed by atoms with Crippen LogP contribution in [0.25, 0.3) is 21.9 Å². The molecule has 5 rings (SSSR count). The van der Waals surface area contributed by atoms with E-state index >= 15 is 0 Å². The van der Waals surface area contributed by atoms with Gasteiger partial charge in [0.05, 0.1) is 14.2 Å². The fourth-order valence-corrected chi connectivity index (χ4v) is 3.76. The zero-order chi connectivity index (χ0) is 22.8. The van der Waals surface area contributed by atoms with Gasteiger partial charge in [-0.1, -0.05) is 23.2 Å². The van der Waals surface area contributed by atoms with Gasteiger partial charge in [-0.05, 0) is 42.5 Å². The maximum atomic E-state index is 12.4. The number of fused-ring (bicyclic) bond motifs is 3. The summed E-state index contributed by atoms with van der Waals surface area (Å²) in [5.74, 6) is 1.82. The van der Waals surface area contributed by atoms with Crippen molar-refractivity contribution in [3.63, 3.8) is 0 Å². The molecule has 0 radical (unpaired) electrons. The van der Waals surface area contributed by atoms with Gasteiger partial charge in [-0.15, -0.1) is 0 Å². The van der Waals surface area contributed by atoms with Crippen LogP contribution in [0.2, 0.25) is 0 Å². The first kappa shape index (κ1) is 20.3. The van der Waals surface area contributed by atoms with Gasteiger partial charge in [-0.3, -0.25) is 9.78 Å². The van der Waals surface area contributed by atoms with Crippen molar-refractivity contribution in [2.24, 2.45) is 0 Å². The lowest BCUT2D eigenvalue weighted by Crippen LogP contribution is -2.11. The van der Waals surface area contributed by atoms with Gasteiger partial charge in [0.2, 0.25) is 17.8 Å². The molecule has 0 aliphatic heterocycles. The summed E-state index contributed by atoms with van der Waals surface area (Å²) in [6, 6.07) is 20.4. The summed E-state index contributed by atoms with van der Waals surface area (Å²) in [6.07, 6.45) is 1.63. The highest BCUT2D eigenvalue weighted by Gasteiger charge is 2.19. The average Bonchev–Trinajstić information content (AvgIpc) is 3.23. The van der Waals surface area contributed by atoms with Crippen LogP contribution in [0.15, 0.2) is 73.1 Å². The van der Waals surface area contributed by atoms with E-state index in [4.69, 9.17) is 9.47 Å². The minimum absolute atomic E-state index is 0.151. The summed E-state index contributed by atoms with van der Waals surface area (Å²) in [6.45, 7) is 0. The monoisotopic (exact) mass is 440 g/mol. The van der Waals surface area contributed by atoms with Crippen molar-refractivity contribution in [1.29, 1.82) is 0 Å². The van der Waals surface area contributed by atoms with Crippen LogP contribution in [0.5, 0.6) is 11.5 Å². The van der Waals surface area contributed by atoms with E-state index in [0.29, 0.717) is 28.6 Å². The predicted molar refractivity (Wildman–Crippen MR) is 127 cm³/mol. The Balaban J connectivity index is 1.43. The van der Waals surface area contributed by atoms with E-state index in [-0.39, 0.29) is 5.91 Å². The van der Waals surface area contributed by atoms with Crippen LogP contribution < -0.4 is 25.1 Å². The molecule has 4 N–H and O–H groups in total. The number of benzene rings is 3. The number of aromatic nitrogens is 3. The molecule has 8 heteroatoms. The van der Waals surface area contributed by atoms with Crippen LogP contribution in [0.4, 0.5) is 17.2 Å². The number of nitrogens with zero attached hydrogens (tertiary/aromatic N) is 1. The lowest BCUT2D eigenvalue weighted by Gasteiger charge is -2.08. The normalized spacial score (nSPS) is 10.8. The van der Waals surface area contributed by atoms with Crippen molar-refractivity contribution >= 4 is 45.0 Å². The van der Waals surface area contributed by atoms with Gasteiger partial charge < -0.3 is 20.1 Å². The molecule has 33 heavy (non-hydrogen) atoms. The van der Waals surface area contributed by atoms with Crippen molar-refractivity contribution in [1.82, 2.24) is 9.97 Å². The third-order valence-electron chi connectivity index (χ3n) is 5.38. The van der Waals surface area contributed by atoms with Crippen LogP contribution in [-0.2, 0) is 0 Å². The smallest absolute Gasteiger partial charge is 0.255 e. The van der Waals surface area contributed by atoms with Gasteiger partial charge in [-0.2, -0.15) is 0 Å². The van der Waals surface area contributed by atoms with Gasteiger partial charge in [-0.25, -0.2) is 4.98 Å². The Labute approximate surface area is 189 Å². The number of amides is 1. The third kappa shape index (κ3) is 3.89. The second kappa shape index (κ2) is 8.51. The van der Waals surface area contributed by atoms with E-state index < -0.39 is 0 Å². The molecule has 0 bridgehead atoms. The Bertz CT molecular complexity index is 1450. The van der Waals surface area contributed by atoms with E-state index in [1.54, 1.807) is 32.7 Å². The highest BCUT2D eigenvalue weighted by Crippen LogP contribution is 2.37. The number of H-pyrrole nitrogens is 2. The van der Waals surface area contributed by atoms with Crippen molar-refractivity contribution in [3.05, 3.63) is 78.6 Å². The minimum Gasteiger partial charge on any atom is -0.493 e. The summed E-state index contributed by atoms with van der Waals surface area (Å²) < 4.78 is 10.9. The van der Waals surface area contributed by atoms with Crippen molar-refractivity contribution in [3.8, 4) is 11.5 Å². The summed E-state index contributed by atoms with van der Waals surface area (Å²) in [7, 11) is 3.22. The molecule has 0 aliphatic rings. The fourth-order valence-electron chi connectivity index (χ4n) is 3.76. The molecule has 0 saturated heterocycles. The van der Waals surface area contributed by atoms with Crippen molar-refractivity contribution in [2.45, 2.75) is 0 Å². The predicted octanol–water partition coefficient (Wildman–Crippen LogP) is 4.54. The maximum absolute atomic E-state index is 12.4.